The van der Waals surface area contributed by atoms with Gasteiger partial charge in [-0.3, -0.25) is 0 Å². The monoisotopic (exact) mass is 266 g/mol. The Morgan fingerprint density at radius 1 is 1.11 bits per heavy atom. The second-order valence-corrected chi connectivity index (χ2v) is 5.25. The molecule has 0 unspecified atom stereocenters. The van der Waals surface area contributed by atoms with Crippen LogP contribution in [0.1, 0.15) is 20.8 Å². The van der Waals surface area contributed by atoms with Gasteiger partial charge in [-0.1, -0.05) is 0 Å². The third kappa shape index (κ3) is 1.62. The number of hydrogen-bond acceptors (Lipinski definition) is 2. The van der Waals surface area contributed by atoms with Crippen LogP contribution in [0.25, 0.3) is 10.4 Å². The lowest BCUT2D eigenvalue weighted by Gasteiger charge is -2.16. The molecule has 1 aromatic heterocycles. The van der Waals surface area contributed by atoms with Crippen molar-refractivity contribution in [2.24, 2.45) is 0 Å². The van der Waals surface area contributed by atoms with Crippen LogP contribution in [0.15, 0.2) is 18.2 Å². The maximum atomic E-state index is 13.3. The van der Waals surface area contributed by atoms with Crippen LogP contribution in [-0.2, 0) is 12.8 Å². The summed E-state index contributed by atoms with van der Waals surface area (Å²) in [6.45, 7) is 0. The molecule has 0 atom stereocenters. The highest BCUT2D eigenvalue weighted by Gasteiger charge is 2.23. The Balaban J connectivity index is 2.21. The van der Waals surface area contributed by atoms with E-state index >= 15 is 0 Å². The molecular formula is C13H8F2O2S. The van der Waals surface area contributed by atoms with E-state index in [-0.39, 0.29) is 4.88 Å². The predicted molar refractivity (Wildman–Crippen MR) is 64.0 cm³/mol. The number of carbonyl (C=O) groups is 1. The summed E-state index contributed by atoms with van der Waals surface area (Å²) in [5, 5.41) is 8.96. The van der Waals surface area contributed by atoms with E-state index in [0.717, 1.165) is 33.4 Å². The lowest BCUT2D eigenvalue weighted by atomic mass is 9.91. The maximum Gasteiger partial charge on any atom is 0.345 e. The van der Waals surface area contributed by atoms with Gasteiger partial charge in [0.1, 0.15) is 4.88 Å². The van der Waals surface area contributed by atoms with Gasteiger partial charge in [0.25, 0.3) is 0 Å². The van der Waals surface area contributed by atoms with Crippen LogP contribution in [0.2, 0.25) is 0 Å². The quantitative estimate of drug-likeness (QED) is 0.857. The summed E-state index contributed by atoms with van der Waals surface area (Å²) < 4.78 is 26.4. The van der Waals surface area contributed by atoms with Crippen LogP contribution >= 0.6 is 11.3 Å². The number of carboxylic acid groups (broad SMARTS) is 1. The largest absolute Gasteiger partial charge is 0.477 e. The lowest BCUT2D eigenvalue weighted by molar-refractivity contribution is 0.0702. The van der Waals surface area contributed by atoms with Crippen molar-refractivity contribution in [2.45, 2.75) is 12.8 Å². The van der Waals surface area contributed by atoms with Crippen LogP contribution in [0, 0.1) is 11.6 Å². The van der Waals surface area contributed by atoms with Crippen LogP contribution in [0.5, 0.6) is 0 Å². The summed E-state index contributed by atoms with van der Waals surface area (Å²) >= 11 is 1.11. The first-order valence-electron chi connectivity index (χ1n) is 5.40. The first-order valence-corrected chi connectivity index (χ1v) is 6.22. The molecule has 1 aromatic carbocycles. The van der Waals surface area contributed by atoms with E-state index in [1.807, 2.05) is 0 Å². The number of thiophene rings is 1. The second kappa shape index (κ2) is 3.88. The second-order valence-electron chi connectivity index (χ2n) is 4.19. The number of fused-ring (bicyclic) bond motifs is 3. The third-order valence-electron chi connectivity index (χ3n) is 3.07. The fraction of sp³-hybridized carbons (Fsp3) is 0.154. The molecule has 3 rings (SSSR count). The Labute approximate surface area is 106 Å². The average molecular weight is 266 g/mol. The molecular weight excluding hydrogens is 258 g/mol. The molecule has 92 valence electrons. The van der Waals surface area contributed by atoms with E-state index in [1.165, 1.54) is 6.07 Å². The van der Waals surface area contributed by atoms with Gasteiger partial charge >= 0.3 is 5.97 Å². The molecule has 0 bridgehead atoms. The van der Waals surface area contributed by atoms with E-state index in [1.54, 1.807) is 6.07 Å². The molecule has 1 heterocycles. The number of halogens is 2. The zero-order chi connectivity index (χ0) is 12.9. The summed E-state index contributed by atoms with van der Waals surface area (Å²) in [6.07, 6.45) is 1.27. The summed E-state index contributed by atoms with van der Waals surface area (Å²) in [6, 6.07) is 3.98. The maximum absolute atomic E-state index is 13.3. The average Bonchev–Trinajstić information content (AvgIpc) is 2.75. The lowest BCUT2D eigenvalue weighted by Crippen LogP contribution is -2.03. The van der Waals surface area contributed by atoms with Crippen molar-refractivity contribution >= 4 is 17.3 Å². The minimum absolute atomic E-state index is 0.234. The summed E-state index contributed by atoms with van der Waals surface area (Å²) in [5.41, 5.74) is 2.25. The normalized spacial score (nSPS) is 13.0. The van der Waals surface area contributed by atoms with Gasteiger partial charge < -0.3 is 5.11 Å². The first-order chi connectivity index (χ1) is 8.56. The van der Waals surface area contributed by atoms with Crippen molar-refractivity contribution in [2.75, 3.05) is 0 Å². The van der Waals surface area contributed by atoms with Crippen molar-refractivity contribution in [1.82, 2.24) is 0 Å². The van der Waals surface area contributed by atoms with Crippen molar-refractivity contribution in [3.05, 3.63) is 45.8 Å². The highest BCUT2D eigenvalue weighted by atomic mass is 32.1. The van der Waals surface area contributed by atoms with Crippen molar-refractivity contribution in [1.29, 1.82) is 0 Å². The summed E-state index contributed by atoms with van der Waals surface area (Å²) in [5.74, 6) is -2.74. The van der Waals surface area contributed by atoms with Gasteiger partial charge in [0.2, 0.25) is 0 Å². The first kappa shape index (κ1) is 11.3. The van der Waals surface area contributed by atoms with E-state index in [0.29, 0.717) is 18.4 Å². The number of aromatic carboxylic acids is 1. The third-order valence-corrected chi connectivity index (χ3v) is 4.27. The minimum Gasteiger partial charge on any atom is -0.477 e. The molecule has 1 aliphatic rings. The van der Waals surface area contributed by atoms with Gasteiger partial charge in [-0.15, -0.1) is 11.3 Å². The van der Waals surface area contributed by atoms with Crippen molar-refractivity contribution < 1.29 is 18.7 Å². The number of carboxylic acids is 1. The van der Waals surface area contributed by atoms with Gasteiger partial charge in [-0.2, -0.15) is 0 Å². The molecule has 0 spiro atoms. The standard InChI is InChI=1S/C13H8F2O2S/c14-9-3-6-1-2-7-4-11(13(16)17)18-12(7)8(6)5-10(9)15/h3-5H,1-2H2,(H,16,17). The number of rotatable bonds is 1. The molecule has 18 heavy (non-hydrogen) atoms. The predicted octanol–water partition coefficient (Wildman–Crippen LogP) is 3.49. The van der Waals surface area contributed by atoms with Crippen LogP contribution in [-0.4, -0.2) is 11.1 Å². The Morgan fingerprint density at radius 3 is 2.50 bits per heavy atom. The van der Waals surface area contributed by atoms with E-state index in [2.05, 4.69) is 0 Å². The molecule has 0 aliphatic heterocycles. The van der Waals surface area contributed by atoms with E-state index < -0.39 is 17.6 Å². The van der Waals surface area contributed by atoms with Crippen LogP contribution in [0.3, 0.4) is 0 Å². The molecule has 0 amide bonds. The van der Waals surface area contributed by atoms with E-state index in [4.69, 9.17) is 5.11 Å². The van der Waals surface area contributed by atoms with Gasteiger partial charge in [0.15, 0.2) is 11.6 Å². The number of aryl methyl sites for hydroxylation is 2. The SMILES string of the molecule is O=C(O)c1cc2c(s1)-c1cc(F)c(F)cc1CC2. The summed E-state index contributed by atoms with van der Waals surface area (Å²) in [4.78, 5) is 11.9. The molecule has 0 fully saturated rings. The van der Waals surface area contributed by atoms with Gasteiger partial charge in [0.05, 0.1) is 0 Å². The Kier molecular flexibility index (Phi) is 2.45. The zero-order valence-corrected chi connectivity index (χ0v) is 9.98. The highest BCUT2D eigenvalue weighted by molar-refractivity contribution is 7.17. The molecule has 2 aromatic rings. The molecule has 0 saturated heterocycles. The zero-order valence-electron chi connectivity index (χ0n) is 9.17. The number of hydrogen-bond donors (Lipinski definition) is 1. The Morgan fingerprint density at radius 2 is 1.78 bits per heavy atom. The van der Waals surface area contributed by atoms with Crippen molar-refractivity contribution in [3.63, 3.8) is 0 Å². The van der Waals surface area contributed by atoms with Crippen LogP contribution in [0.4, 0.5) is 8.78 Å². The topological polar surface area (TPSA) is 37.3 Å². The minimum atomic E-state index is -0.987. The molecule has 1 N–H and O–H groups in total. The van der Waals surface area contributed by atoms with Gasteiger partial charge in [-0.25, -0.2) is 13.6 Å². The highest BCUT2D eigenvalue weighted by Crippen LogP contribution is 2.40. The van der Waals surface area contributed by atoms with E-state index in [9.17, 15) is 13.6 Å². The number of benzene rings is 1. The molecule has 2 nitrogen and oxygen atoms in total. The Bertz CT molecular complexity index is 661. The molecule has 5 heteroatoms. The fourth-order valence-corrected chi connectivity index (χ4v) is 3.32. The summed E-state index contributed by atoms with van der Waals surface area (Å²) in [7, 11) is 0. The molecule has 1 aliphatic carbocycles. The molecule has 0 saturated carbocycles. The van der Waals surface area contributed by atoms with Crippen molar-refractivity contribution in [3.8, 4) is 10.4 Å². The smallest absolute Gasteiger partial charge is 0.345 e. The molecule has 0 radical (unpaired) electrons. The van der Waals surface area contributed by atoms with Gasteiger partial charge in [0, 0.05) is 4.88 Å². The van der Waals surface area contributed by atoms with Gasteiger partial charge in [-0.05, 0) is 47.7 Å². The fourth-order valence-electron chi connectivity index (χ4n) is 2.22. The Hall–Kier alpha value is -1.75. The van der Waals surface area contributed by atoms with Crippen LogP contribution < -0.4 is 0 Å².